The molecule has 4 nitrogen and oxygen atoms in total. The highest BCUT2D eigenvalue weighted by Crippen LogP contribution is 2.26. The van der Waals surface area contributed by atoms with E-state index in [1.165, 1.54) is 0 Å². The quantitative estimate of drug-likeness (QED) is 0.572. The average Bonchev–Trinajstić information content (AvgIpc) is 3.05. The van der Waals surface area contributed by atoms with Gasteiger partial charge >= 0.3 is 0 Å². The van der Waals surface area contributed by atoms with E-state index in [4.69, 9.17) is 4.74 Å². The molecule has 4 rings (SSSR count). The first-order chi connectivity index (χ1) is 11.3. The van der Waals surface area contributed by atoms with Gasteiger partial charge in [-0.25, -0.2) is 4.98 Å². The van der Waals surface area contributed by atoms with Crippen molar-refractivity contribution in [2.24, 2.45) is 0 Å². The Morgan fingerprint density at radius 1 is 0.826 bits per heavy atom. The maximum absolute atomic E-state index is 5.22. The lowest BCUT2D eigenvalue weighted by molar-refractivity contribution is 0.415. The number of imidazole rings is 1. The van der Waals surface area contributed by atoms with E-state index in [2.05, 4.69) is 26.6 Å². The maximum atomic E-state index is 5.22. The van der Waals surface area contributed by atoms with Crippen LogP contribution in [0.4, 0.5) is 0 Å². The molecule has 0 saturated carbocycles. The number of methoxy groups -OCH3 is 1. The van der Waals surface area contributed by atoms with Crippen LogP contribution in [0.25, 0.3) is 28.0 Å². The van der Waals surface area contributed by atoms with Crippen LogP contribution in [0.2, 0.25) is 0 Å². The number of nitrogens with zero attached hydrogens (tertiary/aromatic N) is 3. The summed E-state index contributed by atoms with van der Waals surface area (Å²) in [4.78, 5) is 8.57. The van der Waals surface area contributed by atoms with Crippen LogP contribution in [0, 0.1) is 0 Å². The first kappa shape index (κ1) is 13.5. The number of aromatic nitrogens is 3. The van der Waals surface area contributed by atoms with Crippen molar-refractivity contribution < 1.29 is 4.74 Å². The zero-order valence-corrected chi connectivity index (χ0v) is 12.7. The Hall–Kier alpha value is -3.14. The van der Waals surface area contributed by atoms with Gasteiger partial charge in [-0.2, -0.15) is 0 Å². The summed E-state index contributed by atoms with van der Waals surface area (Å²) in [6, 6.07) is 16.1. The first-order valence-electron chi connectivity index (χ1n) is 7.37. The Bertz CT molecular complexity index is 943. The molecule has 4 aromatic rings. The molecule has 112 valence electrons. The fourth-order valence-electron chi connectivity index (χ4n) is 2.67. The highest BCUT2D eigenvalue weighted by Gasteiger charge is 2.07. The van der Waals surface area contributed by atoms with Gasteiger partial charge in [-0.05, 0) is 59.7 Å². The summed E-state index contributed by atoms with van der Waals surface area (Å²) < 4.78 is 7.33. The standard InChI is InChI=1S/C19H15N3O/c1-23-17-5-2-15(3-6-17)18-12-21-19-7-4-16(13-22(18)19)14-8-10-20-11-9-14/h2-13H,1H3. The molecule has 0 aliphatic rings. The highest BCUT2D eigenvalue weighted by atomic mass is 16.5. The molecule has 0 unspecified atom stereocenters. The van der Waals surface area contributed by atoms with Gasteiger partial charge in [-0.3, -0.25) is 9.38 Å². The van der Waals surface area contributed by atoms with E-state index in [-0.39, 0.29) is 0 Å². The zero-order chi connectivity index (χ0) is 15.6. The third-order valence-corrected chi connectivity index (χ3v) is 3.91. The minimum atomic E-state index is 0.847. The van der Waals surface area contributed by atoms with Crippen LogP contribution in [-0.4, -0.2) is 21.5 Å². The van der Waals surface area contributed by atoms with Gasteiger partial charge in [0, 0.05) is 24.2 Å². The second-order valence-electron chi connectivity index (χ2n) is 5.25. The molecule has 0 atom stereocenters. The third-order valence-electron chi connectivity index (χ3n) is 3.91. The Balaban J connectivity index is 1.84. The second-order valence-corrected chi connectivity index (χ2v) is 5.25. The molecular formula is C19H15N3O. The molecule has 0 fully saturated rings. The van der Waals surface area contributed by atoms with Gasteiger partial charge in [0.2, 0.25) is 0 Å². The largest absolute Gasteiger partial charge is 0.497 e. The molecule has 4 heteroatoms. The number of ether oxygens (including phenoxy) is 1. The lowest BCUT2D eigenvalue weighted by Gasteiger charge is -2.06. The van der Waals surface area contributed by atoms with Crippen molar-refractivity contribution in [2.45, 2.75) is 0 Å². The Morgan fingerprint density at radius 3 is 2.30 bits per heavy atom. The summed E-state index contributed by atoms with van der Waals surface area (Å²) in [6.45, 7) is 0. The predicted molar refractivity (Wildman–Crippen MR) is 90.4 cm³/mol. The minimum absolute atomic E-state index is 0.847. The van der Waals surface area contributed by atoms with Crippen molar-refractivity contribution in [3.63, 3.8) is 0 Å². The fraction of sp³-hybridized carbons (Fsp3) is 0.0526. The van der Waals surface area contributed by atoms with Crippen LogP contribution in [0.1, 0.15) is 0 Å². The van der Waals surface area contributed by atoms with Gasteiger partial charge in [-0.15, -0.1) is 0 Å². The Morgan fingerprint density at radius 2 is 1.57 bits per heavy atom. The number of benzene rings is 1. The normalized spacial score (nSPS) is 10.8. The lowest BCUT2D eigenvalue weighted by atomic mass is 10.1. The van der Waals surface area contributed by atoms with Crippen molar-refractivity contribution >= 4 is 5.65 Å². The monoisotopic (exact) mass is 301 g/mol. The number of hydrogen-bond acceptors (Lipinski definition) is 3. The number of fused-ring (bicyclic) bond motifs is 1. The second kappa shape index (κ2) is 5.57. The molecule has 0 saturated heterocycles. The summed E-state index contributed by atoms with van der Waals surface area (Å²) in [5.74, 6) is 0.847. The lowest BCUT2D eigenvalue weighted by Crippen LogP contribution is -1.90. The van der Waals surface area contributed by atoms with Crippen LogP contribution >= 0.6 is 0 Å². The van der Waals surface area contributed by atoms with E-state index in [0.29, 0.717) is 0 Å². The van der Waals surface area contributed by atoms with Gasteiger partial charge in [-0.1, -0.05) is 0 Å². The molecular weight excluding hydrogens is 286 g/mol. The van der Waals surface area contributed by atoms with E-state index in [9.17, 15) is 0 Å². The SMILES string of the molecule is COc1ccc(-c2cnc3ccc(-c4ccncc4)cn23)cc1. The topological polar surface area (TPSA) is 39.4 Å². The summed E-state index contributed by atoms with van der Waals surface area (Å²) in [6.07, 6.45) is 7.61. The van der Waals surface area contributed by atoms with E-state index < -0.39 is 0 Å². The van der Waals surface area contributed by atoms with Crippen molar-refractivity contribution in [1.82, 2.24) is 14.4 Å². The molecule has 0 aliphatic heterocycles. The van der Waals surface area contributed by atoms with E-state index in [0.717, 1.165) is 33.8 Å². The van der Waals surface area contributed by atoms with Gasteiger partial charge in [0.25, 0.3) is 0 Å². The molecule has 3 aromatic heterocycles. The summed E-state index contributed by atoms with van der Waals surface area (Å²) in [7, 11) is 1.67. The summed E-state index contributed by atoms with van der Waals surface area (Å²) in [5, 5.41) is 0. The predicted octanol–water partition coefficient (Wildman–Crippen LogP) is 4.07. The molecule has 1 aromatic carbocycles. The summed E-state index contributed by atoms with van der Waals surface area (Å²) in [5.41, 5.74) is 5.35. The van der Waals surface area contributed by atoms with Crippen molar-refractivity contribution in [3.05, 3.63) is 73.3 Å². The van der Waals surface area contributed by atoms with Crippen LogP contribution in [0.3, 0.4) is 0 Å². The minimum Gasteiger partial charge on any atom is -0.497 e. The third kappa shape index (κ3) is 2.44. The van der Waals surface area contributed by atoms with Crippen LogP contribution in [0.15, 0.2) is 73.3 Å². The zero-order valence-electron chi connectivity index (χ0n) is 12.7. The Labute approximate surface area is 134 Å². The van der Waals surface area contributed by atoms with Crippen LogP contribution < -0.4 is 4.74 Å². The van der Waals surface area contributed by atoms with Gasteiger partial charge in [0.05, 0.1) is 19.0 Å². The maximum Gasteiger partial charge on any atom is 0.137 e. The first-order valence-corrected chi connectivity index (χ1v) is 7.37. The molecule has 0 amide bonds. The van der Waals surface area contributed by atoms with E-state index in [1.807, 2.05) is 48.7 Å². The fourth-order valence-corrected chi connectivity index (χ4v) is 2.67. The Kier molecular flexibility index (Phi) is 3.27. The molecule has 0 bridgehead atoms. The molecule has 0 radical (unpaired) electrons. The van der Waals surface area contributed by atoms with E-state index >= 15 is 0 Å². The number of pyridine rings is 2. The molecule has 0 N–H and O–H groups in total. The highest BCUT2D eigenvalue weighted by molar-refractivity contribution is 5.69. The molecule has 0 spiro atoms. The molecule has 0 aliphatic carbocycles. The summed E-state index contributed by atoms with van der Waals surface area (Å²) >= 11 is 0. The van der Waals surface area contributed by atoms with E-state index in [1.54, 1.807) is 19.5 Å². The number of rotatable bonds is 3. The number of hydrogen-bond donors (Lipinski definition) is 0. The van der Waals surface area contributed by atoms with Gasteiger partial charge in [0.15, 0.2) is 0 Å². The van der Waals surface area contributed by atoms with Crippen LogP contribution in [0.5, 0.6) is 5.75 Å². The molecule has 3 heterocycles. The van der Waals surface area contributed by atoms with Crippen molar-refractivity contribution in [1.29, 1.82) is 0 Å². The van der Waals surface area contributed by atoms with Gasteiger partial charge in [0.1, 0.15) is 11.4 Å². The smallest absolute Gasteiger partial charge is 0.137 e. The van der Waals surface area contributed by atoms with Crippen molar-refractivity contribution in [3.8, 4) is 28.1 Å². The molecule has 23 heavy (non-hydrogen) atoms. The van der Waals surface area contributed by atoms with Gasteiger partial charge < -0.3 is 4.74 Å². The van der Waals surface area contributed by atoms with Crippen molar-refractivity contribution in [2.75, 3.05) is 7.11 Å². The van der Waals surface area contributed by atoms with Crippen LogP contribution in [-0.2, 0) is 0 Å². The average molecular weight is 301 g/mol.